The van der Waals surface area contributed by atoms with Gasteiger partial charge in [-0.05, 0) is 44.0 Å². The van der Waals surface area contributed by atoms with Crippen LogP contribution in [0.5, 0.6) is 0 Å². The van der Waals surface area contributed by atoms with Gasteiger partial charge in [0.25, 0.3) is 0 Å². The van der Waals surface area contributed by atoms with Gasteiger partial charge < -0.3 is 15.5 Å². The molecular weight excluding hydrogens is 342 g/mol. The van der Waals surface area contributed by atoms with Crippen LogP contribution < -0.4 is 15.5 Å². The van der Waals surface area contributed by atoms with E-state index in [4.69, 9.17) is 0 Å². The van der Waals surface area contributed by atoms with E-state index in [9.17, 15) is 18.0 Å². The molecule has 2 heterocycles. The molecule has 0 spiro atoms. The van der Waals surface area contributed by atoms with Crippen molar-refractivity contribution >= 4 is 27.3 Å². The number of amides is 2. The van der Waals surface area contributed by atoms with Gasteiger partial charge in [0.15, 0.2) is 14.6 Å². The first-order valence-electron chi connectivity index (χ1n) is 8.42. The summed E-state index contributed by atoms with van der Waals surface area (Å²) in [5.41, 5.74) is 1.97. The van der Waals surface area contributed by atoms with E-state index in [0.29, 0.717) is 19.6 Å². The number of hydrogen-bond donors (Lipinski definition) is 2. The van der Waals surface area contributed by atoms with Crippen LogP contribution in [-0.4, -0.2) is 57.4 Å². The topological polar surface area (TPSA) is 95.6 Å². The van der Waals surface area contributed by atoms with Crippen molar-refractivity contribution in [3.05, 3.63) is 29.8 Å². The molecule has 1 aromatic carbocycles. The number of carbonyl (C=O) groups is 2. The van der Waals surface area contributed by atoms with Crippen molar-refractivity contribution in [2.24, 2.45) is 0 Å². The molecule has 136 valence electrons. The molecule has 1 fully saturated rings. The Morgan fingerprint density at radius 1 is 1.24 bits per heavy atom. The third-order valence-electron chi connectivity index (χ3n) is 5.12. The van der Waals surface area contributed by atoms with Gasteiger partial charge in [-0.2, -0.15) is 0 Å². The van der Waals surface area contributed by atoms with Gasteiger partial charge in [0.05, 0.1) is 6.54 Å². The zero-order chi connectivity index (χ0) is 18.1. The van der Waals surface area contributed by atoms with Crippen LogP contribution in [0.3, 0.4) is 0 Å². The highest BCUT2D eigenvalue weighted by molar-refractivity contribution is 7.92. The van der Waals surface area contributed by atoms with Crippen molar-refractivity contribution in [1.82, 2.24) is 10.6 Å². The van der Waals surface area contributed by atoms with Gasteiger partial charge in [0.1, 0.15) is 0 Å². The van der Waals surface area contributed by atoms with Crippen molar-refractivity contribution in [3.8, 4) is 0 Å². The second-order valence-electron chi connectivity index (χ2n) is 6.62. The Labute approximate surface area is 147 Å². The van der Waals surface area contributed by atoms with Crippen molar-refractivity contribution in [3.63, 3.8) is 0 Å². The molecule has 2 N–H and O–H groups in total. The van der Waals surface area contributed by atoms with Gasteiger partial charge in [0, 0.05) is 18.5 Å². The summed E-state index contributed by atoms with van der Waals surface area (Å²) in [5.74, 6) is -0.798. The summed E-state index contributed by atoms with van der Waals surface area (Å²) in [4.78, 5) is 26.8. The normalized spacial score (nSPS) is 19.3. The van der Waals surface area contributed by atoms with Gasteiger partial charge in [-0.1, -0.05) is 18.2 Å². The lowest BCUT2D eigenvalue weighted by Crippen LogP contribution is -2.58. The molecule has 25 heavy (non-hydrogen) atoms. The Morgan fingerprint density at radius 2 is 1.92 bits per heavy atom. The zero-order valence-electron chi connectivity index (χ0n) is 14.2. The number of carbonyl (C=O) groups excluding carboxylic acids is 2. The molecule has 0 aromatic heterocycles. The highest BCUT2D eigenvalue weighted by atomic mass is 32.2. The van der Waals surface area contributed by atoms with Crippen molar-refractivity contribution in [2.75, 3.05) is 37.3 Å². The van der Waals surface area contributed by atoms with Crippen LogP contribution in [0.2, 0.25) is 0 Å². The molecule has 8 heteroatoms. The van der Waals surface area contributed by atoms with Crippen LogP contribution in [0.4, 0.5) is 5.69 Å². The van der Waals surface area contributed by atoms with Gasteiger partial charge >= 0.3 is 0 Å². The van der Waals surface area contributed by atoms with Gasteiger partial charge in [-0.15, -0.1) is 0 Å². The Bertz CT molecular complexity index is 785. The highest BCUT2D eigenvalue weighted by Crippen LogP contribution is 2.29. The summed E-state index contributed by atoms with van der Waals surface area (Å²) in [6.07, 6.45) is 2.32. The van der Waals surface area contributed by atoms with Crippen LogP contribution in [0, 0.1) is 0 Å². The molecule has 2 aliphatic heterocycles. The molecule has 1 aromatic rings. The van der Waals surface area contributed by atoms with E-state index in [1.54, 1.807) is 4.90 Å². The average Bonchev–Trinajstić information content (AvgIpc) is 3.03. The Kier molecular flexibility index (Phi) is 4.83. The van der Waals surface area contributed by atoms with E-state index >= 15 is 0 Å². The predicted octanol–water partition coefficient (Wildman–Crippen LogP) is -0.141. The molecule has 0 bridgehead atoms. The average molecular weight is 365 g/mol. The number of fused-ring (bicyclic) bond motifs is 1. The minimum atomic E-state index is -3.58. The standard InChI is InChI=1S/C17H23N3O4S/c1-25(23,24)17(7-9-18-10-8-17)16(22)19-12-15(21)20-11-6-13-4-2-3-5-14(13)20/h2-5,18H,6-12H2,1H3,(H,19,22). The molecule has 0 saturated carbocycles. The number of rotatable bonds is 4. The summed E-state index contributed by atoms with van der Waals surface area (Å²) in [5, 5.41) is 5.64. The predicted molar refractivity (Wildman–Crippen MR) is 95.2 cm³/mol. The molecule has 0 radical (unpaired) electrons. The lowest BCUT2D eigenvalue weighted by Gasteiger charge is -2.34. The second kappa shape index (κ2) is 6.76. The van der Waals surface area contributed by atoms with Crippen LogP contribution in [-0.2, 0) is 25.8 Å². The molecular formula is C17H23N3O4S. The summed E-state index contributed by atoms with van der Waals surface area (Å²) >= 11 is 0. The van der Waals surface area contributed by atoms with E-state index in [0.717, 1.165) is 23.9 Å². The monoisotopic (exact) mass is 365 g/mol. The lowest BCUT2D eigenvalue weighted by atomic mass is 9.96. The fraction of sp³-hybridized carbons (Fsp3) is 0.529. The number of anilines is 1. The number of hydrogen-bond acceptors (Lipinski definition) is 5. The number of nitrogens with zero attached hydrogens (tertiary/aromatic N) is 1. The number of benzene rings is 1. The fourth-order valence-corrected chi connectivity index (χ4v) is 4.96. The number of para-hydroxylation sites is 1. The van der Waals surface area contributed by atoms with E-state index in [2.05, 4.69) is 10.6 Å². The van der Waals surface area contributed by atoms with Crippen molar-refractivity contribution < 1.29 is 18.0 Å². The van der Waals surface area contributed by atoms with E-state index in [1.165, 1.54) is 0 Å². The summed E-state index contributed by atoms with van der Waals surface area (Å²) < 4.78 is 23.0. The highest BCUT2D eigenvalue weighted by Gasteiger charge is 2.48. The molecule has 1 saturated heterocycles. The summed E-state index contributed by atoms with van der Waals surface area (Å²) in [6, 6.07) is 7.67. The minimum absolute atomic E-state index is 0.197. The zero-order valence-corrected chi connectivity index (χ0v) is 15.1. The SMILES string of the molecule is CS(=O)(=O)C1(C(=O)NCC(=O)N2CCc3ccccc32)CCNCC1. The van der Waals surface area contributed by atoms with Crippen LogP contribution in [0.25, 0.3) is 0 Å². The Hall–Kier alpha value is -1.93. The first-order valence-corrected chi connectivity index (χ1v) is 10.3. The Balaban J connectivity index is 1.68. The maximum Gasteiger partial charge on any atom is 0.246 e. The molecule has 7 nitrogen and oxygen atoms in total. The van der Waals surface area contributed by atoms with E-state index in [-0.39, 0.29) is 25.3 Å². The summed E-state index contributed by atoms with van der Waals surface area (Å²) in [6.45, 7) is 1.31. The minimum Gasteiger partial charge on any atom is -0.346 e. The molecule has 0 aliphatic carbocycles. The number of sulfone groups is 1. The van der Waals surface area contributed by atoms with Gasteiger partial charge in [-0.3, -0.25) is 9.59 Å². The molecule has 2 aliphatic rings. The third-order valence-corrected chi connectivity index (χ3v) is 7.14. The van der Waals surface area contributed by atoms with Gasteiger partial charge in [-0.25, -0.2) is 8.42 Å². The number of piperidine rings is 1. The molecule has 3 rings (SSSR count). The number of nitrogens with one attached hydrogen (secondary N) is 2. The molecule has 2 amide bonds. The third kappa shape index (κ3) is 3.28. The van der Waals surface area contributed by atoms with E-state index < -0.39 is 20.5 Å². The van der Waals surface area contributed by atoms with Crippen LogP contribution in [0.15, 0.2) is 24.3 Å². The quantitative estimate of drug-likeness (QED) is 0.774. The second-order valence-corrected chi connectivity index (χ2v) is 8.95. The maximum absolute atomic E-state index is 12.6. The molecule has 0 unspecified atom stereocenters. The first kappa shape index (κ1) is 17.9. The van der Waals surface area contributed by atoms with Crippen LogP contribution in [0.1, 0.15) is 18.4 Å². The fourth-order valence-electron chi connectivity index (χ4n) is 3.61. The van der Waals surface area contributed by atoms with Gasteiger partial charge in [0.2, 0.25) is 11.8 Å². The largest absolute Gasteiger partial charge is 0.346 e. The van der Waals surface area contributed by atoms with Crippen LogP contribution >= 0.6 is 0 Å². The van der Waals surface area contributed by atoms with Crippen molar-refractivity contribution in [2.45, 2.75) is 24.0 Å². The Morgan fingerprint density at radius 3 is 2.60 bits per heavy atom. The first-order chi connectivity index (χ1) is 11.8. The molecule has 0 atom stereocenters. The van der Waals surface area contributed by atoms with E-state index in [1.807, 2.05) is 24.3 Å². The lowest BCUT2D eigenvalue weighted by molar-refractivity contribution is -0.127. The maximum atomic E-state index is 12.6. The van der Waals surface area contributed by atoms with Crippen molar-refractivity contribution in [1.29, 1.82) is 0 Å². The summed E-state index contributed by atoms with van der Waals surface area (Å²) in [7, 11) is -3.58. The smallest absolute Gasteiger partial charge is 0.246 e.